The molecule has 0 aliphatic heterocycles. The summed E-state index contributed by atoms with van der Waals surface area (Å²) >= 11 is 0. The molecule has 0 spiro atoms. The molecule has 0 saturated heterocycles. The number of furan rings is 2. The van der Waals surface area contributed by atoms with E-state index in [0.717, 1.165) is 111 Å². The van der Waals surface area contributed by atoms with Crippen molar-refractivity contribution in [2.24, 2.45) is 0 Å². The average molecular weight is 1470 g/mol. The number of aromatic nitrogens is 2. The maximum absolute atomic E-state index is 6.74. The molecule has 0 bridgehead atoms. The predicted molar refractivity (Wildman–Crippen MR) is 483 cm³/mol. The molecule has 1 aliphatic carbocycles. The van der Waals surface area contributed by atoms with E-state index in [1.165, 1.54) is 110 Å². The summed E-state index contributed by atoms with van der Waals surface area (Å²) in [6.07, 6.45) is 0. The minimum atomic E-state index is -0.0926. The Morgan fingerprint density at radius 3 is 1.07 bits per heavy atom. The summed E-state index contributed by atoms with van der Waals surface area (Å²) in [5, 5.41) is 9.48. The SMILES string of the molecule is CC1(C)c2ccccc2-c2ccc(-n3c4ccccc4c4ccc(-c5cc(-c6ccc(-c7ccccc7)cc6)cc(-c6cccc7c6oc6ccccc67)c5)cc43)cc21.c1ccc(-c2ccc(-c3cc(-c4ccc5c6ccccc6n(-c6ccccc6)c5c4)cc(-c4cccc5c4oc4ccc(-c6ccccc6)cc45)c3)cc2)cc1. The molecule has 4 heterocycles. The van der Waals surface area contributed by atoms with Gasteiger partial charge in [-0.05, 0) is 214 Å². The van der Waals surface area contributed by atoms with Gasteiger partial charge in [0.25, 0.3) is 0 Å². The summed E-state index contributed by atoms with van der Waals surface area (Å²) in [7, 11) is 0. The standard InChI is InChI=1S/C57H39NO.C54H35NO/c1-57(2)51-20-9-6-15-45(51)46-30-28-43(35-52(46)57)58-53-21-10-7-16-47(53)48-29-27-39(34-54(48)58)41-31-40(38-25-23-37(24-26-38)36-13-4-3-5-14-36)32-42(33-41)44-18-12-19-50-49-17-8-11-22-55(49)59-56(44)50;1-4-13-36(14-5-1)38-23-25-39(26-24-38)42-31-43(41-27-29-48-47-19-10-11-22-51(47)55(52(48)35-41)45-17-8-3-9-18-45)33-44(32-42)46-20-12-21-49-50-34-40(37-15-6-2-7-16-37)28-30-53(50)56-54(46)49/h3-35H,1-2H3;1-35H. The third kappa shape index (κ3) is 11.5. The number of rotatable bonds is 11. The highest BCUT2D eigenvalue weighted by atomic mass is 16.3. The van der Waals surface area contributed by atoms with Crippen LogP contribution in [0.3, 0.4) is 0 Å². The van der Waals surface area contributed by atoms with E-state index in [1.807, 2.05) is 6.07 Å². The summed E-state index contributed by atoms with van der Waals surface area (Å²) in [5.74, 6) is 0. The second-order valence-corrected chi connectivity index (χ2v) is 31.0. The molecule has 0 fully saturated rings. The third-order valence-electron chi connectivity index (χ3n) is 24.0. The largest absolute Gasteiger partial charge is 0.455 e. The first-order valence-corrected chi connectivity index (χ1v) is 39.7. The summed E-state index contributed by atoms with van der Waals surface area (Å²) in [5.41, 5.74) is 36.9. The van der Waals surface area contributed by atoms with Gasteiger partial charge < -0.3 is 18.0 Å². The molecule has 23 rings (SSSR count). The van der Waals surface area contributed by atoms with Crippen molar-refractivity contribution in [3.63, 3.8) is 0 Å². The lowest BCUT2D eigenvalue weighted by atomic mass is 9.82. The quantitative estimate of drug-likeness (QED) is 0.129. The van der Waals surface area contributed by atoms with E-state index in [2.05, 4.69) is 429 Å². The van der Waals surface area contributed by atoms with E-state index in [9.17, 15) is 0 Å². The van der Waals surface area contributed by atoms with Gasteiger partial charge in [0.2, 0.25) is 0 Å². The predicted octanol–water partition coefficient (Wildman–Crippen LogP) is 30.7. The fourth-order valence-corrected chi connectivity index (χ4v) is 18.3. The second kappa shape index (κ2) is 27.3. The molecule has 0 saturated carbocycles. The molecule has 115 heavy (non-hydrogen) atoms. The Kier molecular flexibility index (Phi) is 15.9. The average Bonchev–Trinajstić information content (AvgIpc) is 1.56. The van der Waals surface area contributed by atoms with Crippen molar-refractivity contribution in [2.75, 3.05) is 0 Å². The van der Waals surface area contributed by atoms with Crippen molar-refractivity contribution in [1.82, 2.24) is 9.13 Å². The molecule has 0 amide bonds. The van der Waals surface area contributed by atoms with Gasteiger partial charge >= 0.3 is 0 Å². The van der Waals surface area contributed by atoms with Crippen LogP contribution in [-0.2, 0) is 5.41 Å². The normalized spacial score (nSPS) is 12.3. The van der Waals surface area contributed by atoms with Gasteiger partial charge in [-0.15, -0.1) is 0 Å². The van der Waals surface area contributed by atoms with E-state index >= 15 is 0 Å². The van der Waals surface area contributed by atoms with Crippen molar-refractivity contribution in [1.29, 1.82) is 0 Å². The fourth-order valence-electron chi connectivity index (χ4n) is 18.3. The van der Waals surface area contributed by atoms with Crippen molar-refractivity contribution >= 4 is 87.5 Å². The molecule has 0 unspecified atom stereocenters. The molecule has 0 N–H and O–H groups in total. The van der Waals surface area contributed by atoms with Gasteiger partial charge in [0.15, 0.2) is 0 Å². The van der Waals surface area contributed by atoms with Crippen molar-refractivity contribution in [3.05, 3.63) is 424 Å². The topological polar surface area (TPSA) is 36.1 Å². The number of hydrogen-bond acceptors (Lipinski definition) is 2. The Balaban J connectivity index is 0.000000140. The Labute approximate surface area is 666 Å². The first-order valence-electron chi connectivity index (χ1n) is 39.7. The molecular formula is C111H74N2O2. The highest BCUT2D eigenvalue weighted by molar-refractivity contribution is 6.15. The van der Waals surface area contributed by atoms with Crippen LogP contribution in [-0.4, -0.2) is 9.13 Å². The number of hydrogen-bond donors (Lipinski definition) is 0. The van der Waals surface area contributed by atoms with Crippen LogP contribution >= 0.6 is 0 Å². The molecule has 22 aromatic rings. The molecule has 0 radical (unpaired) electrons. The molecular weight excluding hydrogens is 1390 g/mol. The number of para-hydroxylation sites is 6. The first kappa shape index (κ1) is 67.1. The van der Waals surface area contributed by atoms with Crippen molar-refractivity contribution in [2.45, 2.75) is 19.3 Å². The minimum absolute atomic E-state index is 0.0926. The van der Waals surface area contributed by atoms with Gasteiger partial charge in [-0.3, -0.25) is 0 Å². The zero-order valence-corrected chi connectivity index (χ0v) is 63.5. The van der Waals surface area contributed by atoms with Crippen LogP contribution in [0, 0.1) is 0 Å². The van der Waals surface area contributed by atoms with Crippen LogP contribution in [0.25, 0.3) is 210 Å². The van der Waals surface area contributed by atoms with E-state index in [1.54, 1.807) is 0 Å². The highest BCUT2D eigenvalue weighted by Gasteiger charge is 2.36. The molecule has 4 heteroatoms. The molecule has 540 valence electrons. The molecule has 4 aromatic heterocycles. The molecule has 4 nitrogen and oxygen atoms in total. The fraction of sp³-hybridized carbons (Fsp3) is 0.0270. The van der Waals surface area contributed by atoms with Gasteiger partial charge in [0.1, 0.15) is 22.3 Å². The summed E-state index contributed by atoms with van der Waals surface area (Å²) in [6, 6.07) is 150. The van der Waals surface area contributed by atoms with Gasteiger partial charge in [0.05, 0.1) is 22.1 Å². The molecule has 18 aromatic carbocycles. The second-order valence-electron chi connectivity index (χ2n) is 31.0. The van der Waals surface area contributed by atoms with Crippen molar-refractivity contribution < 1.29 is 8.83 Å². The van der Waals surface area contributed by atoms with Crippen LogP contribution in [0.4, 0.5) is 0 Å². The minimum Gasteiger partial charge on any atom is -0.455 e. The van der Waals surface area contributed by atoms with E-state index < -0.39 is 0 Å². The lowest BCUT2D eigenvalue weighted by molar-refractivity contribution is 0.660. The van der Waals surface area contributed by atoms with E-state index in [-0.39, 0.29) is 5.41 Å². The number of nitrogens with zero attached hydrogens (tertiary/aromatic N) is 2. The lowest BCUT2D eigenvalue weighted by Crippen LogP contribution is -2.15. The monoisotopic (exact) mass is 1470 g/mol. The Morgan fingerprint density at radius 2 is 0.530 bits per heavy atom. The third-order valence-corrected chi connectivity index (χ3v) is 24.0. The lowest BCUT2D eigenvalue weighted by Gasteiger charge is -2.22. The van der Waals surface area contributed by atoms with Gasteiger partial charge in [-0.2, -0.15) is 0 Å². The van der Waals surface area contributed by atoms with Crippen LogP contribution < -0.4 is 0 Å². The van der Waals surface area contributed by atoms with Crippen LogP contribution in [0.5, 0.6) is 0 Å². The summed E-state index contributed by atoms with van der Waals surface area (Å²) < 4.78 is 18.2. The first-order chi connectivity index (χ1) is 56.7. The summed E-state index contributed by atoms with van der Waals surface area (Å²) in [6.45, 7) is 4.72. The van der Waals surface area contributed by atoms with Crippen LogP contribution in [0.15, 0.2) is 421 Å². The maximum atomic E-state index is 6.74. The van der Waals surface area contributed by atoms with Crippen LogP contribution in [0.1, 0.15) is 25.0 Å². The van der Waals surface area contributed by atoms with Gasteiger partial charge in [-0.1, -0.05) is 323 Å². The van der Waals surface area contributed by atoms with Crippen LogP contribution in [0.2, 0.25) is 0 Å². The molecule has 0 atom stereocenters. The van der Waals surface area contributed by atoms with E-state index in [4.69, 9.17) is 8.83 Å². The highest BCUT2D eigenvalue weighted by Crippen LogP contribution is 2.51. The Hall–Kier alpha value is -14.8. The Bertz CT molecular complexity index is 7570. The zero-order chi connectivity index (χ0) is 76.2. The Morgan fingerprint density at radius 1 is 0.183 bits per heavy atom. The van der Waals surface area contributed by atoms with Crippen molar-refractivity contribution in [3.8, 4) is 123 Å². The number of benzene rings is 18. The molecule has 1 aliphatic rings. The maximum Gasteiger partial charge on any atom is 0.143 e. The number of fused-ring (bicyclic) bond motifs is 15. The van der Waals surface area contributed by atoms with Gasteiger partial charge in [-0.25, -0.2) is 0 Å². The van der Waals surface area contributed by atoms with E-state index in [0.29, 0.717) is 0 Å². The van der Waals surface area contributed by atoms with Gasteiger partial charge in [0, 0.05) is 71.0 Å². The smallest absolute Gasteiger partial charge is 0.143 e. The summed E-state index contributed by atoms with van der Waals surface area (Å²) in [4.78, 5) is 0. The zero-order valence-electron chi connectivity index (χ0n) is 63.5.